The minimum Gasteiger partial charge on any atom is -0.469 e. The van der Waals surface area contributed by atoms with Gasteiger partial charge in [-0.1, -0.05) is 13.8 Å². The fourth-order valence-corrected chi connectivity index (χ4v) is 2.89. The van der Waals surface area contributed by atoms with Crippen molar-refractivity contribution in [2.24, 2.45) is 11.3 Å². The Morgan fingerprint density at radius 1 is 1.33 bits per heavy atom. The first-order chi connectivity index (χ1) is 8.55. The van der Waals surface area contributed by atoms with Crippen LogP contribution in [0.2, 0.25) is 0 Å². The molecule has 2 atom stereocenters. The molecule has 1 aromatic heterocycles. The van der Waals surface area contributed by atoms with Crippen molar-refractivity contribution in [2.75, 3.05) is 7.11 Å². The van der Waals surface area contributed by atoms with Crippen molar-refractivity contribution in [1.82, 2.24) is 9.97 Å². The highest BCUT2D eigenvalue weighted by Crippen LogP contribution is 2.64. The third-order valence-electron chi connectivity index (χ3n) is 4.28. The minimum absolute atomic E-state index is 0.0441. The van der Waals surface area contributed by atoms with Gasteiger partial charge < -0.3 is 4.74 Å². The number of carbonyl (C=O) groups excluding carboxylic acids is 1. The lowest BCUT2D eigenvalue weighted by Gasteiger charge is -2.02. The van der Waals surface area contributed by atoms with Crippen LogP contribution in [0.5, 0.6) is 0 Å². The van der Waals surface area contributed by atoms with Gasteiger partial charge in [0.05, 0.1) is 13.0 Å². The molecule has 4 nitrogen and oxygen atoms in total. The van der Waals surface area contributed by atoms with Gasteiger partial charge in [0.25, 0.3) is 0 Å². The maximum Gasteiger partial charge on any atom is 0.309 e. The Morgan fingerprint density at radius 3 is 2.44 bits per heavy atom. The minimum atomic E-state index is -0.128. The Balaban J connectivity index is 1.80. The van der Waals surface area contributed by atoms with Gasteiger partial charge in [-0.3, -0.25) is 4.79 Å². The second-order valence-corrected chi connectivity index (χ2v) is 5.95. The monoisotopic (exact) mass is 246 g/mol. The van der Waals surface area contributed by atoms with E-state index in [1.165, 1.54) is 20.0 Å². The van der Waals surface area contributed by atoms with Crippen LogP contribution < -0.4 is 0 Å². The number of nitrogens with zero attached hydrogens (tertiary/aromatic N) is 2. The molecule has 2 aliphatic rings. The number of carbonyl (C=O) groups is 1. The topological polar surface area (TPSA) is 52.1 Å². The summed E-state index contributed by atoms with van der Waals surface area (Å²) in [5, 5.41) is 0. The molecule has 0 spiro atoms. The van der Waals surface area contributed by atoms with Crippen molar-refractivity contribution in [1.29, 1.82) is 0 Å². The second kappa shape index (κ2) is 3.77. The number of methoxy groups -OCH3 is 1. The Morgan fingerprint density at radius 2 is 1.94 bits per heavy atom. The summed E-state index contributed by atoms with van der Waals surface area (Å²) in [6.45, 7) is 4.18. The molecule has 4 heteroatoms. The summed E-state index contributed by atoms with van der Waals surface area (Å²) in [5.41, 5.74) is 1.01. The fraction of sp³-hybridized carbons (Fsp3) is 0.643. The molecule has 0 bridgehead atoms. The Labute approximate surface area is 107 Å². The number of rotatable bonds is 3. The van der Waals surface area contributed by atoms with E-state index in [1.807, 2.05) is 12.4 Å². The van der Waals surface area contributed by atoms with Crippen LogP contribution in [0.15, 0.2) is 12.4 Å². The summed E-state index contributed by atoms with van der Waals surface area (Å²) in [5.74, 6) is 1.53. The molecule has 0 aromatic carbocycles. The first-order valence-electron chi connectivity index (χ1n) is 6.45. The van der Waals surface area contributed by atoms with Gasteiger partial charge in [-0.25, -0.2) is 9.97 Å². The van der Waals surface area contributed by atoms with Crippen LogP contribution >= 0.6 is 0 Å². The van der Waals surface area contributed by atoms with Crippen LogP contribution in [0.3, 0.4) is 0 Å². The van der Waals surface area contributed by atoms with Gasteiger partial charge in [-0.2, -0.15) is 0 Å². The Bertz CT molecular complexity index is 477. The lowest BCUT2D eigenvalue weighted by Crippen LogP contribution is -2.07. The lowest BCUT2D eigenvalue weighted by atomic mass is 10.1. The van der Waals surface area contributed by atoms with Crippen LogP contribution in [0.1, 0.15) is 49.9 Å². The van der Waals surface area contributed by atoms with Gasteiger partial charge in [0.1, 0.15) is 5.82 Å². The molecule has 18 heavy (non-hydrogen) atoms. The first-order valence-corrected chi connectivity index (χ1v) is 6.45. The van der Waals surface area contributed by atoms with E-state index in [4.69, 9.17) is 4.74 Å². The van der Waals surface area contributed by atoms with Gasteiger partial charge in [-0.05, 0) is 23.8 Å². The van der Waals surface area contributed by atoms with E-state index in [1.54, 1.807) is 0 Å². The van der Waals surface area contributed by atoms with Gasteiger partial charge >= 0.3 is 5.97 Å². The van der Waals surface area contributed by atoms with Crippen LogP contribution in [0.25, 0.3) is 0 Å². The van der Waals surface area contributed by atoms with Gasteiger partial charge in [0, 0.05) is 24.2 Å². The molecule has 0 aliphatic heterocycles. The molecule has 0 amide bonds. The van der Waals surface area contributed by atoms with Gasteiger partial charge in [-0.15, -0.1) is 0 Å². The van der Waals surface area contributed by atoms with E-state index in [2.05, 4.69) is 23.8 Å². The van der Waals surface area contributed by atoms with Crippen LogP contribution in [0.4, 0.5) is 0 Å². The van der Waals surface area contributed by atoms with Crippen LogP contribution in [0, 0.1) is 11.3 Å². The number of hydrogen-bond acceptors (Lipinski definition) is 4. The van der Waals surface area contributed by atoms with E-state index < -0.39 is 0 Å². The Hall–Kier alpha value is -1.45. The summed E-state index contributed by atoms with van der Waals surface area (Å²) < 4.78 is 4.85. The fourth-order valence-electron chi connectivity index (χ4n) is 2.89. The van der Waals surface area contributed by atoms with E-state index in [0.29, 0.717) is 5.92 Å². The molecule has 0 unspecified atom stereocenters. The molecule has 0 radical (unpaired) electrons. The average molecular weight is 246 g/mol. The normalized spacial score (nSPS) is 28.8. The predicted molar refractivity (Wildman–Crippen MR) is 66.0 cm³/mol. The highest BCUT2D eigenvalue weighted by molar-refractivity contribution is 5.79. The standard InChI is InChI=1S/C14H18N2O2/c1-14(2)10(11(14)13(17)18-3)9-6-15-12(16-7-9)8-4-5-8/h6-8,10-11H,4-5H2,1-3H3/t10-,11+/m1/s1. The SMILES string of the molecule is COC(=O)[C@@H]1[C@@H](c2cnc(C3CC3)nc2)C1(C)C. The lowest BCUT2D eigenvalue weighted by molar-refractivity contribution is -0.143. The van der Waals surface area contributed by atoms with Crippen LogP contribution in [-0.4, -0.2) is 23.0 Å². The summed E-state index contributed by atoms with van der Waals surface area (Å²) in [6, 6.07) is 0. The van der Waals surface area contributed by atoms with E-state index in [0.717, 1.165) is 11.4 Å². The van der Waals surface area contributed by atoms with Crippen molar-refractivity contribution in [3.8, 4) is 0 Å². The molecule has 2 saturated carbocycles. The van der Waals surface area contributed by atoms with E-state index in [9.17, 15) is 4.79 Å². The van der Waals surface area contributed by atoms with Crippen LogP contribution in [-0.2, 0) is 9.53 Å². The molecule has 96 valence electrons. The highest BCUT2D eigenvalue weighted by atomic mass is 16.5. The zero-order chi connectivity index (χ0) is 12.9. The summed E-state index contributed by atoms with van der Waals surface area (Å²) >= 11 is 0. The number of esters is 1. The molecule has 2 fully saturated rings. The molecular weight excluding hydrogens is 228 g/mol. The molecule has 0 saturated heterocycles. The summed E-state index contributed by atoms with van der Waals surface area (Å²) in [4.78, 5) is 20.5. The average Bonchev–Trinajstić information content (AvgIpc) is 3.24. The zero-order valence-electron chi connectivity index (χ0n) is 11.0. The van der Waals surface area contributed by atoms with Crippen molar-refractivity contribution < 1.29 is 9.53 Å². The molecule has 3 rings (SSSR count). The van der Waals surface area contributed by atoms with E-state index >= 15 is 0 Å². The second-order valence-electron chi connectivity index (χ2n) is 5.95. The largest absolute Gasteiger partial charge is 0.469 e. The summed E-state index contributed by atoms with van der Waals surface area (Å²) in [7, 11) is 1.44. The maximum absolute atomic E-state index is 11.7. The third-order valence-corrected chi connectivity index (χ3v) is 4.28. The number of hydrogen-bond donors (Lipinski definition) is 0. The quantitative estimate of drug-likeness (QED) is 0.768. The highest BCUT2D eigenvalue weighted by Gasteiger charge is 2.63. The third kappa shape index (κ3) is 1.71. The smallest absolute Gasteiger partial charge is 0.309 e. The van der Waals surface area contributed by atoms with Crippen molar-refractivity contribution in [3.63, 3.8) is 0 Å². The first kappa shape index (κ1) is 11.6. The molecule has 2 aliphatic carbocycles. The molecule has 1 aromatic rings. The van der Waals surface area contributed by atoms with E-state index in [-0.39, 0.29) is 23.2 Å². The predicted octanol–water partition coefficient (Wildman–Crippen LogP) is 2.27. The Kier molecular flexibility index (Phi) is 2.44. The molecule has 1 heterocycles. The van der Waals surface area contributed by atoms with Crippen molar-refractivity contribution in [2.45, 2.75) is 38.5 Å². The molecular formula is C14H18N2O2. The number of ether oxygens (including phenoxy) is 1. The van der Waals surface area contributed by atoms with Crippen molar-refractivity contribution >= 4 is 5.97 Å². The number of aromatic nitrogens is 2. The van der Waals surface area contributed by atoms with Gasteiger partial charge in [0.2, 0.25) is 0 Å². The van der Waals surface area contributed by atoms with Crippen molar-refractivity contribution in [3.05, 3.63) is 23.8 Å². The summed E-state index contributed by atoms with van der Waals surface area (Å²) in [6.07, 6.45) is 6.18. The zero-order valence-corrected chi connectivity index (χ0v) is 11.0. The van der Waals surface area contributed by atoms with Gasteiger partial charge in [0.15, 0.2) is 0 Å². The molecule has 0 N–H and O–H groups in total. The maximum atomic E-state index is 11.7.